The van der Waals surface area contributed by atoms with E-state index in [1.807, 2.05) is 0 Å². The molecule has 3 heteroatoms. The van der Waals surface area contributed by atoms with Gasteiger partial charge in [0.05, 0.1) is 0 Å². The Morgan fingerprint density at radius 2 is 1.29 bits per heavy atom. The van der Waals surface area contributed by atoms with Gasteiger partial charge in [-0.25, -0.2) is 0 Å². The molecule has 0 aromatic carbocycles. The number of hydrogen-bond acceptors (Lipinski definition) is 1. The predicted molar refractivity (Wildman–Crippen MR) is 38.7 cm³/mol. The molecule has 0 atom stereocenters. The molecule has 0 rings (SSSR count). The summed E-state index contributed by atoms with van der Waals surface area (Å²) in [5.74, 6) is 0. The van der Waals surface area contributed by atoms with Crippen molar-refractivity contribution in [3.63, 3.8) is 0 Å². The first-order valence-electron chi connectivity index (χ1n) is 2.12. The molecule has 1 nitrogen and oxygen atoms in total. The molecule has 1 N–H and O–H groups in total. The lowest BCUT2D eigenvalue weighted by Gasteiger charge is -1.86. The van der Waals surface area contributed by atoms with E-state index >= 15 is 0 Å². The van der Waals surface area contributed by atoms with Gasteiger partial charge in [-0.2, -0.15) is 0 Å². The average molecular weight is 146 g/mol. The zero-order valence-corrected chi connectivity index (χ0v) is 6.36. The van der Waals surface area contributed by atoms with Gasteiger partial charge in [0.25, 0.3) is 0 Å². The van der Waals surface area contributed by atoms with Gasteiger partial charge >= 0.3 is 0 Å². The molecule has 0 aromatic rings. The minimum atomic E-state index is 0. The van der Waals surface area contributed by atoms with Crippen molar-refractivity contribution in [2.75, 3.05) is 13.1 Å². The molecule has 0 heterocycles. The highest BCUT2D eigenvalue weighted by Gasteiger charge is 1.62. The lowest BCUT2D eigenvalue weighted by atomic mass is 10.7. The molecule has 48 valence electrons. The first kappa shape index (κ1) is 15.6. The highest BCUT2D eigenvalue weighted by Crippen LogP contribution is 1.47. The molecule has 0 amide bonds. The van der Waals surface area contributed by atoms with Crippen LogP contribution in [-0.4, -0.2) is 13.1 Å². The van der Waals surface area contributed by atoms with Gasteiger partial charge in [-0.15, -0.1) is 24.8 Å². The van der Waals surface area contributed by atoms with Crippen LogP contribution in [0.4, 0.5) is 0 Å². The lowest BCUT2D eigenvalue weighted by molar-refractivity contribution is 0.762. The molecule has 0 spiro atoms. The zero-order valence-electron chi connectivity index (χ0n) is 4.73. The van der Waals surface area contributed by atoms with Crippen molar-refractivity contribution in [2.24, 2.45) is 0 Å². The van der Waals surface area contributed by atoms with E-state index in [0.717, 1.165) is 13.1 Å². The molecule has 0 fully saturated rings. The van der Waals surface area contributed by atoms with Gasteiger partial charge in [0, 0.05) is 0 Å². The Hall–Kier alpha value is 0.540. The third kappa shape index (κ3) is 20.9. The second-order valence-electron chi connectivity index (χ2n) is 0.957. The molecule has 0 bridgehead atoms. The Bertz CT molecular complexity index is 17.2. The summed E-state index contributed by atoms with van der Waals surface area (Å²) in [4.78, 5) is 0. The highest BCUT2D eigenvalue weighted by atomic mass is 35.5. The number of rotatable bonds is 2. The summed E-state index contributed by atoms with van der Waals surface area (Å²) in [6.07, 6.45) is 0. The smallest absolute Gasteiger partial charge is 0.00775 e. The molecule has 0 aliphatic heterocycles. The average Bonchev–Trinajstić information content (AvgIpc) is 1.41. The third-order valence-electron chi connectivity index (χ3n) is 0.500. The highest BCUT2D eigenvalue weighted by molar-refractivity contribution is 5.85. The molecular weight excluding hydrogens is 133 g/mol. The largest absolute Gasteiger partial charge is 0.317 e. The summed E-state index contributed by atoms with van der Waals surface area (Å²) in [7, 11) is 0. The lowest BCUT2D eigenvalue weighted by Crippen LogP contribution is -2.09. The van der Waals surface area contributed by atoms with E-state index in [1.54, 1.807) is 0 Å². The fraction of sp³-hybridized carbons (Fsp3) is 1.00. The fourth-order valence-electron chi connectivity index (χ4n) is 0.250. The molecular formula is C4H13Cl2N. The van der Waals surface area contributed by atoms with Gasteiger partial charge in [0.2, 0.25) is 0 Å². The van der Waals surface area contributed by atoms with E-state index in [0.29, 0.717) is 0 Å². The molecule has 0 unspecified atom stereocenters. The Labute approximate surface area is 57.7 Å². The minimum absolute atomic E-state index is 0. The molecule has 0 aliphatic rings. The second-order valence-corrected chi connectivity index (χ2v) is 0.957. The van der Waals surface area contributed by atoms with Gasteiger partial charge in [-0.05, 0) is 13.1 Å². The van der Waals surface area contributed by atoms with Gasteiger partial charge in [0.1, 0.15) is 0 Å². The van der Waals surface area contributed by atoms with E-state index in [9.17, 15) is 0 Å². The van der Waals surface area contributed by atoms with Crippen molar-refractivity contribution in [1.29, 1.82) is 0 Å². The maximum Gasteiger partial charge on any atom is -0.00775 e. The van der Waals surface area contributed by atoms with Crippen LogP contribution in [0.5, 0.6) is 0 Å². The van der Waals surface area contributed by atoms with Crippen LogP contribution in [0.25, 0.3) is 0 Å². The quantitative estimate of drug-likeness (QED) is 0.621. The van der Waals surface area contributed by atoms with Crippen molar-refractivity contribution in [2.45, 2.75) is 13.8 Å². The van der Waals surface area contributed by atoms with E-state index in [4.69, 9.17) is 0 Å². The second kappa shape index (κ2) is 16.0. The van der Waals surface area contributed by atoms with Crippen molar-refractivity contribution < 1.29 is 0 Å². The molecule has 0 aromatic heterocycles. The van der Waals surface area contributed by atoms with Crippen molar-refractivity contribution >= 4 is 24.8 Å². The van der Waals surface area contributed by atoms with E-state index in [2.05, 4.69) is 19.2 Å². The molecule has 0 aliphatic carbocycles. The van der Waals surface area contributed by atoms with Crippen LogP contribution in [0.3, 0.4) is 0 Å². The number of halogens is 2. The van der Waals surface area contributed by atoms with E-state index in [-0.39, 0.29) is 24.8 Å². The third-order valence-corrected chi connectivity index (χ3v) is 0.500. The van der Waals surface area contributed by atoms with Gasteiger partial charge in [-0.1, -0.05) is 13.8 Å². The Morgan fingerprint density at radius 1 is 1.00 bits per heavy atom. The SMILES string of the molecule is CCNCC.Cl.Cl. The van der Waals surface area contributed by atoms with Gasteiger partial charge in [0.15, 0.2) is 0 Å². The molecule has 0 saturated carbocycles. The van der Waals surface area contributed by atoms with Crippen molar-refractivity contribution in [3.05, 3.63) is 0 Å². The van der Waals surface area contributed by atoms with Crippen LogP contribution in [-0.2, 0) is 0 Å². The monoisotopic (exact) mass is 145 g/mol. The van der Waals surface area contributed by atoms with Gasteiger partial charge < -0.3 is 5.32 Å². The molecule has 0 radical (unpaired) electrons. The number of hydrogen-bond donors (Lipinski definition) is 1. The first-order chi connectivity index (χ1) is 2.41. The van der Waals surface area contributed by atoms with Crippen LogP contribution >= 0.6 is 24.8 Å². The molecule has 7 heavy (non-hydrogen) atoms. The van der Waals surface area contributed by atoms with E-state index < -0.39 is 0 Å². The van der Waals surface area contributed by atoms with Crippen LogP contribution < -0.4 is 5.32 Å². The topological polar surface area (TPSA) is 12.0 Å². The summed E-state index contributed by atoms with van der Waals surface area (Å²) in [6, 6.07) is 0. The zero-order chi connectivity index (χ0) is 4.12. The first-order valence-corrected chi connectivity index (χ1v) is 2.12. The summed E-state index contributed by atoms with van der Waals surface area (Å²) < 4.78 is 0. The summed E-state index contributed by atoms with van der Waals surface area (Å²) in [5, 5.41) is 3.11. The summed E-state index contributed by atoms with van der Waals surface area (Å²) in [6.45, 7) is 6.39. The van der Waals surface area contributed by atoms with Crippen molar-refractivity contribution in [1.82, 2.24) is 5.32 Å². The Balaban J connectivity index is -0.0000000800. The van der Waals surface area contributed by atoms with Crippen LogP contribution in [0.1, 0.15) is 13.8 Å². The normalized spacial score (nSPS) is 6.00. The van der Waals surface area contributed by atoms with Crippen molar-refractivity contribution in [3.8, 4) is 0 Å². The Morgan fingerprint density at radius 3 is 1.29 bits per heavy atom. The number of nitrogens with one attached hydrogen (secondary N) is 1. The van der Waals surface area contributed by atoms with Crippen LogP contribution in [0, 0.1) is 0 Å². The summed E-state index contributed by atoms with van der Waals surface area (Å²) >= 11 is 0. The fourth-order valence-corrected chi connectivity index (χ4v) is 0.250. The maximum absolute atomic E-state index is 3.11. The minimum Gasteiger partial charge on any atom is -0.317 e. The standard InChI is InChI=1S/C4H11N.2ClH/c1-3-5-4-2;;/h5H,3-4H2,1-2H3;2*1H. The van der Waals surface area contributed by atoms with Gasteiger partial charge in [-0.3, -0.25) is 0 Å². The summed E-state index contributed by atoms with van der Waals surface area (Å²) in [5.41, 5.74) is 0. The maximum atomic E-state index is 3.11. The van der Waals surface area contributed by atoms with E-state index in [1.165, 1.54) is 0 Å². The Kier molecular flexibility index (Phi) is 35.8. The van der Waals surface area contributed by atoms with Crippen LogP contribution in [0.2, 0.25) is 0 Å². The predicted octanol–water partition coefficient (Wildman–Crippen LogP) is 1.46. The molecule has 0 saturated heterocycles. The van der Waals surface area contributed by atoms with Crippen LogP contribution in [0.15, 0.2) is 0 Å².